The first-order valence-electron chi connectivity index (χ1n) is 6.83. The van der Waals surface area contributed by atoms with Crippen LogP contribution in [0.5, 0.6) is 5.75 Å². The summed E-state index contributed by atoms with van der Waals surface area (Å²) < 4.78 is 10.4. The zero-order chi connectivity index (χ0) is 16.0. The van der Waals surface area contributed by atoms with Crippen molar-refractivity contribution in [2.24, 2.45) is 5.73 Å². The van der Waals surface area contributed by atoms with E-state index in [0.717, 1.165) is 0 Å². The highest BCUT2D eigenvalue weighted by Crippen LogP contribution is 2.30. The van der Waals surface area contributed by atoms with Crippen LogP contribution in [0.4, 0.5) is 10.5 Å². The minimum absolute atomic E-state index is 0.355. The maximum Gasteiger partial charge on any atom is 0.412 e. The molecule has 0 radical (unpaired) electrons. The average Bonchev–Trinajstić information content (AvgIpc) is 2.36. The van der Waals surface area contributed by atoms with Gasteiger partial charge in [-0.3, -0.25) is 5.32 Å². The number of carbonyl (C=O) groups excluding carboxylic acids is 1. The third kappa shape index (κ3) is 5.61. The molecule has 0 aliphatic heterocycles. The van der Waals surface area contributed by atoms with Gasteiger partial charge in [-0.15, -0.1) is 0 Å². The Labute approximate surface area is 125 Å². The van der Waals surface area contributed by atoms with Gasteiger partial charge in [0.15, 0.2) is 0 Å². The first-order chi connectivity index (χ1) is 9.76. The summed E-state index contributed by atoms with van der Waals surface area (Å²) in [4.78, 5) is 11.7. The lowest BCUT2D eigenvalue weighted by molar-refractivity contribution is 0.0635. The lowest BCUT2D eigenvalue weighted by Gasteiger charge is -2.20. The number of ether oxygens (including phenoxy) is 2. The molecule has 6 heteroatoms. The first kappa shape index (κ1) is 17.3. The largest absolute Gasteiger partial charge is 0.496 e. The molecule has 21 heavy (non-hydrogen) atoms. The van der Waals surface area contributed by atoms with Crippen molar-refractivity contribution in [3.63, 3.8) is 0 Å². The summed E-state index contributed by atoms with van der Waals surface area (Å²) in [6.45, 7) is 5.72. The van der Waals surface area contributed by atoms with E-state index in [0.29, 0.717) is 30.0 Å². The molecule has 0 heterocycles. The van der Waals surface area contributed by atoms with E-state index in [4.69, 9.17) is 15.2 Å². The van der Waals surface area contributed by atoms with E-state index in [1.807, 2.05) is 0 Å². The predicted molar refractivity (Wildman–Crippen MR) is 81.5 cm³/mol. The molecule has 0 saturated heterocycles. The molecule has 0 aromatic heterocycles. The number of aliphatic hydroxyl groups excluding tert-OH is 1. The fourth-order valence-electron chi connectivity index (χ4n) is 1.81. The number of nitrogens with one attached hydrogen (secondary N) is 1. The summed E-state index contributed by atoms with van der Waals surface area (Å²) in [6.07, 6.45) is -0.885. The van der Waals surface area contributed by atoms with Crippen LogP contribution in [0.2, 0.25) is 0 Å². The second-order valence-electron chi connectivity index (χ2n) is 5.68. The number of benzene rings is 1. The van der Waals surface area contributed by atoms with Crippen LogP contribution in [-0.2, 0) is 4.74 Å². The Morgan fingerprint density at radius 1 is 1.43 bits per heavy atom. The predicted octanol–water partition coefficient (Wildman–Crippen LogP) is 2.42. The van der Waals surface area contributed by atoms with Gasteiger partial charge < -0.3 is 20.3 Å². The fraction of sp³-hybridized carbons (Fsp3) is 0.533. The van der Waals surface area contributed by atoms with Crippen LogP contribution in [0.15, 0.2) is 18.2 Å². The molecule has 0 spiro atoms. The van der Waals surface area contributed by atoms with E-state index in [-0.39, 0.29) is 0 Å². The number of rotatable bonds is 5. The van der Waals surface area contributed by atoms with Crippen molar-refractivity contribution in [2.75, 3.05) is 19.0 Å². The van der Waals surface area contributed by atoms with Gasteiger partial charge in [0.25, 0.3) is 0 Å². The van der Waals surface area contributed by atoms with Crippen LogP contribution in [-0.4, -0.2) is 30.5 Å². The van der Waals surface area contributed by atoms with Crippen molar-refractivity contribution in [2.45, 2.75) is 38.9 Å². The number of anilines is 1. The standard InChI is InChI=1S/C15H24N2O4/c1-15(2,3)21-14(19)17-10-5-6-13(20-4)11(9-10)12(18)7-8-16/h5-6,9,12,18H,7-8,16H2,1-4H3,(H,17,19)/t12-/m0/s1. The van der Waals surface area contributed by atoms with Gasteiger partial charge in [0.05, 0.1) is 13.2 Å². The molecule has 0 unspecified atom stereocenters. The van der Waals surface area contributed by atoms with Gasteiger partial charge >= 0.3 is 6.09 Å². The van der Waals surface area contributed by atoms with Gasteiger partial charge in [-0.05, 0) is 51.9 Å². The molecular weight excluding hydrogens is 272 g/mol. The van der Waals surface area contributed by atoms with E-state index in [1.165, 1.54) is 7.11 Å². The summed E-state index contributed by atoms with van der Waals surface area (Å²) in [5.41, 5.74) is 5.99. The van der Waals surface area contributed by atoms with Crippen LogP contribution < -0.4 is 15.8 Å². The summed E-state index contributed by atoms with van der Waals surface area (Å²) in [6, 6.07) is 5.02. The summed E-state index contributed by atoms with van der Waals surface area (Å²) in [7, 11) is 1.52. The number of aliphatic hydroxyl groups is 1. The zero-order valence-electron chi connectivity index (χ0n) is 13.0. The van der Waals surface area contributed by atoms with Crippen molar-refractivity contribution in [3.05, 3.63) is 23.8 Å². The Balaban J connectivity index is 2.90. The van der Waals surface area contributed by atoms with Gasteiger partial charge in [-0.2, -0.15) is 0 Å². The Kier molecular flexibility index (Phi) is 5.99. The lowest BCUT2D eigenvalue weighted by Crippen LogP contribution is -2.27. The Bertz CT molecular complexity index is 483. The smallest absolute Gasteiger partial charge is 0.412 e. The van der Waals surface area contributed by atoms with Crippen LogP contribution in [0.25, 0.3) is 0 Å². The molecule has 1 aromatic rings. The summed E-state index contributed by atoms with van der Waals surface area (Å²) >= 11 is 0. The number of methoxy groups -OCH3 is 1. The minimum Gasteiger partial charge on any atom is -0.496 e. The molecule has 1 rings (SSSR count). The van der Waals surface area contributed by atoms with E-state index in [1.54, 1.807) is 39.0 Å². The van der Waals surface area contributed by atoms with Gasteiger partial charge in [-0.25, -0.2) is 4.79 Å². The zero-order valence-corrected chi connectivity index (χ0v) is 13.0. The number of amides is 1. The van der Waals surface area contributed by atoms with Crippen LogP contribution in [0.3, 0.4) is 0 Å². The quantitative estimate of drug-likeness (QED) is 0.776. The summed E-state index contributed by atoms with van der Waals surface area (Å²) in [5, 5.41) is 12.7. The molecule has 4 N–H and O–H groups in total. The molecule has 0 saturated carbocycles. The topological polar surface area (TPSA) is 93.8 Å². The maximum absolute atomic E-state index is 11.7. The number of nitrogens with two attached hydrogens (primary N) is 1. The van der Waals surface area contributed by atoms with Gasteiger partial charge in [0, 0.05) is 11.3 Å². The van der Waals surface area contributed by atoms with E-state index in [9.17, 15) is 9.90 Å². The van der Waals surface area contributed by atoms with Crippen LogP contribution in [0.1, 0.15) is 38.9 Å². The molecule has 0 aliphatic carbocycles. The third-order valence-electron chi connectivity index (χ3n) is 2.67. The van der Waals surface area contributed by atoms with Crippen molar-refractivity contribution in [3.8, 4) is 5.75 Å². The van der Waals surface area contributed by atoms with E-state index < -0.39 is 17.8 Å². The highest BCUT2D eigenvalue weighted by Gasteiger charge is 2.18. The SMILES string of the molecule is COc1ccc(NC(=O)OC(C)(C)C)cc1[C@@H](O)CCN. The fourth-order valence-corrected chi connectivity index (χ4v) is 1.81. The van der Waals surface area contributed by atoms with Gasteiger partial charge in [-0.1, -0.05) is 0 Å². The Hall–Kier alpha value is -1.79. The van der Waals surface area contributed by atoms with Crippen molar-refractivity contribution in [1.29, 1.82) is 0 Å². The van der Waals surface area contributed by atoms with Crippen LogP contribution in [0, 0.1) is 0 Å². The second-order valence-corrected chi connectivity index (χ2v) is 5.68. The number of hydrogen-bond donors (Lipinski definition) is 3. The molecule has 0 bridgehead atoms. The third-order valence-corrected chi connectivity index (χ3v) is 2.67. The van der Waals surface area contributed by atoms with Crippen LogP contribution >= 0.6 is 0 Å². The molecule has 6 nitrogen and oxygen atoms in total. The molecule has 0 fully saturated rings. The maximum atomic E-state index is 11.7. The molecule has 118 valence electrons. The minimum atomic E-state index is -0.745. The molecule has 1 amide bonds. The summed E-state index contributed by atoms with van der Waals surface area (Å²) in [5.74, 6) is 0.547. The molecule has 0 aliphatic rings. The first-order valence-corrected chi connectivity index (χ1v) is 6.83. The van der Waals surface area contributed by atoms with Gasteiger partial charge in [0.1, 0.15) is 11.4 Å². The molecular formula is C15H24N2O4. The number of hydrogen-bond acceptors (Lipinski definition) is 5. The highest BCUT2D eigenvalue weighted by atomic mass is 16.6. The van der Waals surface area contributed by atoms with E-state index in [2.05, 4.69) is 5.32 Å². The van der Waals surface area contributed by atoms with E-state index >= 15 is 0 Å². The van der Waals surface area contributed by atoms with Crippen molar-refractivity contribution < 1.29 is 19.4 Å². The Morgan fingerprint density at radius 2 is 2.10 bits per heavy atom. The number of carbonyl (C=O) groups is 1. The van der Waals surface area contributed by atoms with Crippen molar-refractivity contribution in [1.82, 2.24) is 0 Å². The second kappa shape index (κ2) is 7.28. The van der Waals surface area contributed by atoms with Gasteiger partial charge in [0.2, 0.25) is 0 Å². The monoisotopic (exact) mass is 296 g/mol. The van der Waals surface area contributed by atoms with Crippen molar-refractivity contribution >= 4 is 11.8 Å². The normalized spacial score (nSPS) is 12.7. The highest BCUT2D eigenvalue weighted by molar-refractivity contribution is 5.85. The lowest BCUT2D eigenvalue weighted by atomic mass is 10.0. The Morgan fingerprint density at radius 3 is 2.62 bits per heavy atom. The molecule has 1 atom stereocenters. The molecule has 1 aromatic carbocycles. The average molecular weight is 296 g/mol.